The fourth-order valence-corrected chi connectivity index (χ4v) is 3.16. The Hall–Kier alpha value is -2.69. The zero-order chi connectivity index (χ0) is 15.8. The lowest BCUT2D eigenvalue weighted by Gasteiger charge is -2.39. The smallest absolute Gasteiger partial charge is 0.242 e. The van der Waals surface area contributed by atoms with Gasteiger partial charge in [-0.25, -0.2) is 4.98 Å². The van der Waals surface area contributed by atoms with E-state index in [1.807, 2.05) is 52.8 Å². The van der Waals surface area contributed by atoms with Crippen molar-refractivity contribution in [3.63, 3.8) is 0 Å². The molecule has 3 heterocycles. The summed E-state index contributed by atoms with van der Waals surface area (Å²) in [6.45, 7) is 3.88. The van der Waals surface area contributed by atoms with Crippen molar-refractivity contribution in [3.05, 3.63) is 60.2 Å². The van der Waals surface area contributed by atoms with Crippen molar-refractivity contribution < 1.29 is 4.79 Å². The molecule has 1 amide bonds. The highest BCUT2D eigenvalue weighted by atomic mass is 16.2. The van der Waals surface area contributed by atoms with Gasteiger partial charge < -0.3 is 9.47 Å². The van der Waals surface area contributed by atoms with Crippen molar-refractivity contribution in [1.82, 2.24) is 19.4 Å². The molecule has 0 radical (unpaired) electrons. The summed E-state index contributed by atoms with van der Waals surface area (Å²) in [6, 6.07) is 12.0. The van der Waals surface area contributed by atoms with Gasteiger partial charge in [-0.1, -0.05) is 12.1 Å². The summed E-state index contributed by atoms with van der Waals surface area (Å²) >= 11 is 0. The van der Waals surface area contributed by atoms with Crippen molar-refractivity contribution in [2.24, 2.45) is 0 Å². The maximum atomic E-state index is 12.5. The second-order valence-corrected chi connectivity index (χ2v) is 6.01. The van der Waals surface area contributed by atoms with E-state index in [0.29, 0.717) is 12.5 Å². The molecular weight excluding hydrogens is 288 g/mol. The van der Waals surface area contributed by atoms with E-state index in [-0.39, 0.29) is 5.91 Å². The number of fused-ring (bicyclic) bond motifs is 1. The first-order valence-corrected chi connectivity index (χ1v) is 7.82. The Kier molecular flexibility index (Phi) is 3.33. The molecule has 0 spiro atoms. The molecule has 1 fully saturated rings. The van der Waals surface area contributed by atoms with Crippen LogP contribution in [0.15, 0.2) is 48.8 Å². The molecule has 0 bridgehead atoms. The number of rotatable bonds is 3. The van der Waals surface area contributed by atoms with Gasteiger partial charge in [-0.3, -0.25) is 9.78 Å². The molecular formula is C18H18N4O. The van der Waals surface area contributed by atoms with E-state index in [9.17, 15) is 4.79 Å². The molecule has 23 heavy (non-hydrogen) atoms. The van der Waals surface area contributed by atoms with Crippen LogP contribution in [0.2, 0.25) is 0 Å². The van der Waals surface area contributed by atoms with Crippen LogP contribution in [0.1, 0.15) is 17.3 Å². The number of aryl methyl sites for hydroxylation is 1. The molecule has 0 saturated carbocycles. The summed E-state index contributed by atoms with van der Waals surface area (Å²) in [7, 11) is 0. The predicted octanol–water partition coefficient (Wildman–Crippen LogP) is 2.37. The highest BCUT2D eigenvalue weighted by Gasteiger charge is 2.31. The number of carbonyl (C=O) groups is 1. The van der Waals surface area contributed by atoms with E-state index < -0.39 is 0 Å². The number of imidazole rings is 1. The van der Waals surface area contributed by atoms with Crippen LogP contribution in [0.25, 0.3) is 11.0 Å². The van der Waals surface area contributed by atoms with E-state index in [0.717, 1.165) is 29.9 Å². The topological polar surface area (TPSA) is 51.0 Å². The Morgan fingerprint density at radius 3 is 2.70 bits per heavy atom. The van der Waals surface area contributed by atoms with Crippen LogP contribution < -0.4 is 0 Å². The van der Waals surface area contributed by atoms with Crippen molar-refractivity contribution in [2.45, 2.75) is 19.4 Å². The molecule has 1 aliphatic rings. The molecule has 1 saturated heterocycles. The number of aromatic nitrogens is 3. The molecule has 0 atom stereocenters. The van der Waals surface area contributed by atoms with Crippen molar-refractivity contribution in [2.75, 3.05) is 13.1 Å². The van der Waals surface area contributed by atoms with Gasteiger partial charge >= 0.3 is 0 Å². The molecule has 2 aromatic heterocycles. The van der Waals surface area contributed by atoms with Gasteiger partial charge in [0.2, 0.25) is 5.91 Å². The fraction of sp³-hybridized carbons (Fsp3) is 0.278. The number of hydrogen-bond donors (Lipinski definition) is 0. The fourth-order valence-electron chi connectivity index (χ4n) is 3.16. The van der Waals surface area contributed by atoms with Gasteiger partial charge in [0.1, 0.15) is 12.4 Å². The highest BCUT2D eigenvalue weighted by molar-refractivity contribution is 5.81. The maximum Gasteiger partial charge on any atom is 0.242 e. The van der Waals surface area contributed by atoms with Crippen LogP contribution >= 0.6 is 0 Å². The third kappa shape index (κ3) is 2.48. The molecule has 5 nitrogen and oxygen atoms in total. The van der Waals surface area contributed by atoms with Crippen LogP contribution in [-0.4, -0.2) is 38.4 Å². The lowest BCUT2D eigenvalue weighted by molar-refractivity contribution is -0.136. The second kappa shape index (κ2) is 5.50. The van der Waals surface area contributed by atoms with E-state index in [4.69, 9.17) is 0 Å². The van der Waals surface area contributed by atoms with Crippen LogP contribution in [0.5, 0.6) is 0 Å². The van der Waals surface area contributed by atoms with Crippen LogP contribution in [0.4, 0.5) is 0 Å². The first-order chi connectivity index (χ1) is 11.2. The van der Waals surface area contributed by atoms with E-state index in [1.54, 1.807) is 12.4 Å². The molecule has 0 unspecified atom stereocenters. The quantitative estimate of drug-likeness (QED) is 0.746. The molecule has 5 heteroatoms. The number of para-hydroxylation sites is 2. The molecule has 4 rings (SSSR count). The lowest BCUT2D eigenvalue weighted by Crippen LogP contribution is -2.49. The maximum absolute atomic E-state index is 12.5. The standard InChI is InChI=1S/C18H18N4O/c1-13-20-16-4-2-3-5-17(16)22(13)12-18(23)21-10-15(11-21)14-6-8-19-9-7-14/h2-9,15H,10-12H2,1H3. The number of amides is 1. The Bertz CT molecular complexity index is 850. The van der Waals surface area contributed by atoms with E-state index in [1.165, 1.54) is 5.56 Å². The summed E-state index contributed by atoms with van der Waals surface area (Å²) < 4.78 is 2.00. The monoisotopic (exact) mass is 306 g/mol. The number of pyridine rings is 1. The van der Waals surface area contributed by atoms with Crippen LogP contribution in [-0.2, 0) is 11.3 Å². The van der Waals surface area contributed by atoms with Gasteiger partial charge in [0, 0.05) is 31.4 Å². The van der Waals surface area contributed by atoms with Crippen molar-refractivity contribution >= 4 is 16.9 Å². The summed E-state index contributed by atoms with van der Waals surface area (Å²) in [5.74, 6) is 1.47. The third-order valence-electron chi connectivity index (χ3n) is 4.55. The van der Waals surface area contributed by atoms with Gasteiger partial charge in [0.25, 0.3) is 0 Å². The van der Waals surface area contributed by atoms with Gasteiger partial charge in [-0.05, 0) is 36.8 Å². The number of nitrogens with zero attached hydrogens (tertiary/aromatic N) is 4. The molecule has 1 aliphatic heterocycles. The van der Waals surface area contributed by atoms with Crippen LogP contribution in [0.3, 0.4) is 0 Å². The first-order valence-electron chi connectivity index (χ1n) is 7.82. The van der Waals surface area contributed by atoms with Gasteiger partial charge in [0.15, 0.2) is 0 Å². The Balaban J connectivity index is 1.46. The first kappa shape index (κ1) is 13.9. The SMILES string of the molecule is Cc1nc2ccccc2n1CC(=O)N1CC(c2ccncc2)C1. The molecule has 116 valence electrons. The molecule has 0 aliphatic carbocycles. The molecule has 0 N–H and O–H groups in total. The summed E-state index contributed by atoms with van der Waals surface area (Å²) in [5, 5.41) is 0. The van der Waals surface area contributed by atoms with Gasteiger partial charge in [-0.15, -0.1) is 0 Å². The predicted molar refractivity (Wildman–Crippen MR) is 88.0 cm³/mol. The summed E-state index contributed by atoms with van der Waals surface area (Å²) in [6.07, 6.45) is 3.61. The van der Waals surface area contributed by atoms with E-state index in [2.05, 4.69) is 9.97 Å². The van der Waals surface area contributed by atoms with Crippen molar-refractivity contribution in [1.29, 1.82) is 0 Å². The second-order valence-electron chi connectivity index (χ2n) is 6.01. The van der Waals surface area contributed by atoms with Crippen molar-refractivity contribution in [3.8, 4) is 0 Å². The Morgan fingerprint density at radius 1 is 1.17 bits per heavy atom. The summed E-state index contributed by atoms with van der Waals surface area (Å²) in [4.78, 5) is 23.0. The molecule has 3 aromatic rings. The summed E-state index contributed by atoms with van der Waals surface area (Å²) in [5.41, 5.74) is 3.22. The highest BCUT2D eigenvalue weighted by Crippen LogP contribution is 2.27. The number of hydrogen-bond acceptors (Lipinski definition) is 3. The van der Waals surface area contributed by atoms with Gasteiger partial charge in [-0.2, -0.15) is 0 Å². The zero-order valence-electron chi connectivity index (χ0n) is 13.0. The zero-order valence-corrected chi connectivity index (χ0v) is 13.0. The van der Waals surface area contributed by atoms with Crippen LogP contribution in [0, 0.1) is 6.92 Å². The van der Waals surface area contributed by atoms with E-state index >= 15 is 0 Å². The Morgan fingerprint density at radius 2 is 1.91 bits per heavy atom. The largest absolute Gasteiger partial charge is 0.340 e. The minimum atomic E-state index is 0.154. The number of likely N-dealkylation sites (tertiary alicyclic amines) is 1. The minimum Gasteiger partial charge on any atom is -0.340 e. The number of carbonyl (C=O) groups excluding carboxylic acids is 1. The third-order valence-corrected chi connectivity index (χ3v) is 4.55. The Labute approximate surface area is 134 Å². The molecule has 1 aromatic carbocycles. The average Bonchev–Trinajstić information content (AvgIpc) is 2.83. The van der Waals surface area contributed by atoms with Gasteiger partial charge in [0.05, 0.1) is 11.0 Å². The normalized spacial score (nSPS) is 14.9. The number of benzene rings is 1. The lowest BCUT2D eigenvalue weighted by atomic mass is 9.92. The minimum absolute atomic E-state index is 0.154. The average molecular weight is 306 g/mol.